The Morgan fingerprint density at radius 2 is 1.92 bits per heavy atom. The fraction of sp³-hybridized carbons (Fsp3) is 0.800. The van der Waals surface area contributed by atoms with Crippen LogP contribution in [-0.4, -0.2) is 86.1 Å². The van der Waals surface area contributed by atoms with E-state index in [2.05, 4.69) is 15.6 Å². The molecule has 2 amide bonds. The lowest BCUT2D eigenvalue weighted by atomic mass is 10.1. The number of piperidine rings is 1. The van der Waals surface area contributed by atoms with E-state index in [1.165, 1.54) is 0 Å². The summed E-state index contributed by atoms with van der Waals surface area (Å²) in [6.07, 6.45) is -2.91. The lowest BCUT2D eigenvalue weighted by Crippen LogP contribution is -2.50. The minimum Gasteiger partial charge on any atom is -0.369 e. The maximum Gasteiger partial charge on any atom is 0.406 e. The Bertz CT molecular complexity index is 504. The van der Waals surface area contributed by atoms with Crippen LogP contribution in [0.15, 0.2) is 4.99 Å². The van der Waals surface area contributed by atoms with Crippen molar-refractivity contribution >= 4 is 17.8 Å². The molecule has 11 heteroatoms. The highest BCUT2D eigenvalue weighted by atomic mass is 19.4. The second-order valence-electron chi connectivity index (χ2n) is 6.22. The Balaban J connectivity index is 2.51. The van der Waals surface area contributed by atoms with Crippen molar-refractivity contribution in [2.75, 3.05) is 46.3 Å². The molecule has 0 radical (unpaired) electrons. The summed E-state index contributed by atoms with van der Waals surface area (Å²) >= 11 is 0. The van der Waals surface area contributed by atoms with Crippen LogP contribution in [0.4, 0.5) is 13.2 Å². The zero-order chi connectivity index (χ0) is 19.7. The average Bonchev–Trinajstić information content (AvgIpc) is 2.52. The molecule has 8 nitrogen and oxygen atoms in total. The number of carbonyl (C=O) groups is 2. The van der Waals surface area contributed by atoms with E-state index in [1.807, 2.05) is 11.8 Å². The SMILES string of the molecule is CCNC(=NCC(=O)N(C)CC(F)(F)F)NC1CCN(CC(N)=O)CC1. The van der Waals surface area contributed by atoms with Gasteiger partial charge in [0.15, 0.2) is 5.96 Å². The largest absolute Gasteiger partial charge is 0.406 e. The van der Waals surface area contributed by atoms with Crippen LogP contribution in [0.25, 0.3) is 0 Å². The van der Waals surface area contributed by atoms with Crippen molar-refractivity contribution in [2.24, 2.45) is 10.7 Å². The summed E-state index contributed by atoms with van der Waals surface area (Å²) in [5, 5.41) is 6.15. The predicted molar refractivity (Wildman–Crippen MR) is 91.5 cm³/mol. The normalized spacial score (nSPS) is 17.0. The quantitative estimate of drug-likeness (QED) is 0.409. The standard InChI is InChI=1S/C15H27F3N6O2/c1-3-20-14(21-8-13(26)23(2)10-15(16,17)18)22-11-4-6-24(7-5-11)9-12(19)25/h11H,3-10H2,1-2H3,(H2,19,25)(H2,20,21,22). The third kappa shape index (κ3) is 8.88. The number of amides is 2. The Hall–Kier alpha value is -2.04. The predicted octanol–water partition coefficient (Wildman–Crippen LogP) is -0.488. The smallest absolute Gasteiger partial charge is 0.369 e. The summed E-state index contributed by atoms with van der Waals surface area (Å²) in [5.74, 6) is -0.696. The molecule has 0 spiro atoms. The number of rotatable bonds is 7. The molecule has 0 aromatic heterocycles. The molecule has 4 N–H and O–H groups in total. The molecule has 0 saturated carbocycles. The second kappa shape index (κ2) is 10.2. The van der Waals surface area contributed by atoms with Crippen LogP contribution in [0.5, 0.6) is 0 Å². The van der Waals surface area contributed by atoms with Crippen molar-refractivity contribution in [2.45, 2.75) is 32.0 Å². The molecule has 26 heavy (non-hydrogen) atoms. The molecular weight excluding hydrogens is 353 g/mol. The third-order valence-corrected chi connectivity index (χ3v) is 3.87. The van der Waals surface area contributed by atoms with E-state index in [-0.39, 0.29) is 25.0 Å². The summed E-state index contributed by atoms with van der Waals surface area (Å²) in [6.45, 7) is 2.36. The van der Waals surface area contributed by atoms with Gasteiger partial charge < -0.3 is 21.3 Å². The molecule has 1 aliphatic heterocycles. The highest BCUT2D eigenvalue weighted by Gasteiger charge is 2.31. The molecule has 0 aromatic carbocycles. The second-order valence-corrected chi connectivity index (χ2v) is 6.22. The molecule has 0 atom stereocenters. The van der Waals surface area contributed by atoms with Gasteiger partial charge in [-0.15, -0.1) is 0 Å². The first kappa shape index (κ1) is 22.0. The van der Waals surface area contributed by atoms with Crippen LogP contribution in [0.2, 0.25) is 0 Å². The van der Waals surface area contributed by atoms with Gasteiger partial charge in [0.1, 0.15) is 13.1 Å². The van der Waals surface area contributed by atoms with Gasteiger partial charge in [-0.25, -0.2) is 4.99 Å². The molecule has 1 saturated heterocycles. The summed E-state index contributed by atoms with van der Waals surface area (Å²) in [5.41, 5.74) is 5.18. The van der Waals surface area contributed by atoms with Crippen LogP contribution in [0.1, 0.15) is 19.8 Å². The summed E-state index contributed by atoms with van der Waals surface area (Å²) < 4.78 is 37.0. The summed E-state index contributed by atoms with van der Waals surface area (Å²) in [6, 6.07) is 0.0972. The lowest BCUT2D eigenvalue weighted by molar-refractivity contribution is -0.157. The lowest BCUT2D eigenvalue weighted by Gasteiger charge is -2.32. The third-order valence-electron chi connectivity index (χ3n) is 3.87. The number of carbonyl (C=O) groups excluding carboxylic acids is 2. The molecule has 1 rings (SSSR count). The first-order valence-electron chi connectivity index (χ1n) is 8.47. The van der Waals surface area contributed by atoms with Gasteiger partial charge in [0.05, 0.1) is 6.54 Å². The highest BCUT2D eigenvalue weighted by Crippen LogP contribution is 2.15. The van der Waals surface area contributed by atoms with Gasteiger partial charge in [-0.2, -0.15) is 13.2 Å². The number of guanidine groups is 1. The van der Waals surface area contributed by atoms with E-state index < -0.39 is 18.6 Å². The molecule has 150 valence electrons. The number of nitrogens with two attached hydrogens (primary N) is 1. The number of hydrogen-bond donors (Lipinski definition) is 3. The van der Waals surface area contributed by atoms with Crippen molar-refractivity contribution in [3.8, 4) is 0 Å². The number of nitrogens with one attached hydrogen (secondary N) is 2. The van der Waals surface area contributed by atoms with Gasteiger partial charge in [-0.3, -0.25) is 14.5 Å². The van der Waals surface area contributed by atoms with Crippen molar-refractivity contribution in [3.05, 3.63) is 0 Å². The van der Waals surface area contributed by atoms with Crippen LogP contribution >= 0.6 is 0 Å². The molecule has 0 bridgehead atoms. The number of primary amides is 1. The minimum absolute atomic E-state index is 0.0972. The number of likely N-dealkylation sites (N-methyl/N-ethyl adjacent to an activating group) is 1. The molecule has 1 aliphatic rings. The fourth-order valence-electron chi connectivity index (χ4n) is 2.59. The van der Waals surface area contributed by atoms with E-state index in [0.29, 0.717) is 30.5 Å². The maximum atomic E-state index is 12.3. The zero-order valence-electron chi connectivity index (χ0n) is 15.1. The number of halogens is 3. The summed E-state index contributed by atoms with van der Waals surface area (Å²) in [4.78, 5) is 29.4. The Kier molecular flexibility index (Phi) is 8.62. The van der Waals surface area contributed by atoms with Crippen LogP contribution in [0.3, 0.4) is 0 Å². The summed E-state index contributed by atoms with van der Waals surface area (Å²) in [7, 11) is 1.10. The monoisotopic (exact) mass is 380 g/mol. The average molecular weight is 380 g/mol. The molecular formula is C15H27F3N6O2. The van der Waals surface area contributed by atoms with E-state index >= 15 is 0 Å². The number of aliphatic imine (C=N–C) groups is 1. The van der Waals surface area contributed by atoms with Gasteiger partial charge in [-0.05, 0) is 19.8 Å². The highest BCUT2D eigenvalue weighted by molar-refractivity contribution is 5.85. The van der Waals surface area contributed by atoms with Crippen LogP contribution in [-0.2, 0) is 9.59 Å². The Morgan fingerprint density at radius 3 is 2.42 bits per heavy atom. The first-order valence-corrected chi connectivity index (χ1v) is 8.47. The molecule has 0 aliphatic carbocycles. The van der Waals surface area contributed by atoms with Crippen LogP contribution in [0, 0.1) is 0 Å². The zero-order valence-corrected chi connectivity index (χ0v) is 15.1. The minimum atomic E-state index is -4.43. The van der Waals surface area contributed by atoms with Crippen molar-refractivity contribution in [1.29, 1.82) is 0 Å². The van der Waals surface area contributed by atoms with E-state index in [1.54, 1.807) is 0 Å². The van der Waals surface area contributed by atoms with E-state index in [9.17, 15) is 22.8 Å². The van der Waals surface area contributed by atoms with Crippen LogP contribution < -0.4 is 16.4 Å². The van der Waals surface area contributed by atoms with Crippen molar-refractivity contribution in [1.82, 2.24) is 20.4 Å². The fourth-order valence-corrected chi connectivity index (χ4v) is 2.59. The Morgan fingerprint density at radius 1 is 1.31 bits per heavy atom. The van der Waals surface area contributed by atoms with Gasteiger partial charge >= 0.3 is 6.18 Å². The van der Waals surface area contributed by atoms with Gasteiger partial charge in [0.25, 0.3) is 0 Å². The number of alkyl halides is 3. The van der Waals surface area contributed by atoms with Crippen molar-refractivity contribution < 1.29 is 22.8 Å². The first-order chi connectivity index (χ1) is 12.1. The van der Waals surface area contributed by atoms with Gasteiger partial charge in [-0.1, -0.05) is 0 Å². The van der Waals surface area contributed by atoms with E-state index in [4.69, 9.17) is 5.73 Å². The molecule has 1 heterocycles. The van der Waals surface area contributed by atoms with Gasteiger partial charge in [0.2, 0.25) is 11.8 Å². The number of nitrogens with zero attached hydrogens (tertiary/aromatic N) is 3. The topological polar surface area (TPSA) is 103 Å². The number of hydrogen-bond acceptors (Lipinski definition) is 4. The molecule has 0 aromatic rings. The van der Waals surface area contributed by atoms with Gasteiger partial charge in [0, 0.05) is 32.7 Å². The van der Waals surface area contributed by atoms with Crippen molar-refractivity contribution in [3.63, 3.8) is 0 Å². The Labute approximate surface area is 151 Å². The maximum absolute atomic E-state index is 12.3. The molecule has 0 unspecified atom stereocenters. The molecule has 1 fully saturated rings. The number of likely N-dealkylation sites (tertiary alicyclic amines) is 1. The van der Waals surface area contributed by atoms with E-state index in [0.717, 1.165) is 19.9 Å².